The lowest BCUT2D eigenvalue weighted by atomic mass is 9.93. The Kier molecular flexibility index (Phi) is 4.41. The summed E-state index contributed by atoms with van der Waals surface area (Å²) in [5.41, 5.74) is 2.31. The number of hydrogen-bond donors (Lipinski definition) is 1. The first-order chi connectivity index (χ1) is 11.0. The van der Waals surface area contributed by atoms with Crippen LogP contribution in [0.3, 0.4) is 0 Å². The number of aromatic nitrogens is 3. The number of aryl methyl sites for hydroxylation is 1. The number of amides is 1. The van der Waals surface area contributed by atoms with Crippen LogP contribution in [0.15, 0.2) is 24.5 Å². The molecule has 5 nitrogen and oxygen atoms in total. The summed E-state index contributed by atoms with van der Waals surface area (Å²) in [6.07, 6.45) is 6.37. The van der Waals surface area contributed by atoms with Crippen LogP contribution in [0.1, 0.15) is 55.7 Å². The van der Waals surface area contributed by atoms with Crippen molar-refractivity contribution in [3.05, 3.63) is 47.3 Å². The molecule has 2 heterocycles. The van der Waals surface area contributed by atoms with E-state index in [2.05, 4.69) is 35.4 Å². The van der Waals surface area contributed by atoms with Gasteiger partial charge in [-0.1, -0.05) is 0 Å². The SMILES string of the molecule is CC(C)n1cc2c(n1)C(NC(=O)Cc1ncccc1F)CCC2. The Bertz CT molecular complexity index is 710. The second-order valence-electron chi connectivity index (χ2n) is 6.23. The molecule has 6 heteroatoms. The molecule has 0 bridgehead atoms. The molecule has 0 aliphatic heterocycles. The van der Waals surface area contributed by atoms with Gasteiger partial charge in [0.25, 0.3) is 0 Å². The van der Waals surface area contributed by atoms with Crippen LogP contribution in [0.5, 0.6) is 0 Å². The molecule has 1 aliphatic rings. The van der Waals surface area contributed by atoms with Crippen LogP contribution >= 0.6 is 0 Å². The van der Waals surface area contributed by atoms with Crippen molar-refractivity contribution in [1.29, 1.82) is 0 Å². The number of carbonyl (C=O) groups is 1. The number of pyridine rings is 1. The van der Waals surface area contributed by atoms with Gasteiger partial charge in [0.1, 0.15) is 5.82 Å². The number of fused-ring (bicyclic) bond motifs is 1. The van der Waals surface area contributed by atoms with Gasteiger partial charge in [-0.15, -0.1) is 0 Å². The van der Waals surface area contributed by atoms with Crippen LogP contribution in [0, 0.1) is 5.82 Å². The van der Waals surface area contributed by atoms with E-state index < -0.39 is 5.82 Å². The molecule has 1 amide bonds. The fourth-order valence-electron chi connectivity index (χ4n) is 2.91. The Morgan fingerprint density at radius 1 is 1.52 bits per heavy atom. The first kappa shape index (κ1) is 15.6. The van der Waals surface area contributed by atoms with Gasteiger partial charge in [0.05, 0.1) is 23.9 Å². The highest BCUT2D eigenvalue weighted by atomic mass is 19.1. The zero-order chi connectivity index (χ0) is 16.4. The average molecular weight is 316 g/mol. The van der Waals surface area contributed by atoms with Crippen LogP contribution in [0.25, 0.3) is 0 Å². The van der Waals surface area contributed by atoms with Crippen molar-refractivity contribution in [2.45, 2.75) is 51.6 Å². The van der Waals surface area contributed by atoms with Crippen LogP contribution in [-0.4, -0.2) is 20.7 Å². The van der Waals surface area contributed by atoms with E-state index in [0.717, 1.165) is 25.0 Å². The molecule has 2 aromatic rings. The van der Waals surface area contributed by atoms with Crippen LogP contribution in [-0.2, 0) is 17.6 Å². The highest BCUT2D eigenvalue weighted by Gasteiger charge is 2.26. The summed E-state index contributed by atoms with van der Waals surface area (Å²) in [6.45, 7) is 4.16. The zero-order valence-electron chi connectivity index (χ0n) is 13.4. The highest BCUT2D eigenvalue weighted by molar-refractivity contribution is 5.78. The smallest absolute Gasteiger partial charge is 0.226 e. The number of hydrogen-bond acceptors (Lipinski definition) is 3. The Morgan fingerprint density at radius 3 is 3.09 bits per heavy atom. The standard InChI is InChI=1S/C17H21FN4O/c1-11(2)22-10-12-5-3-7-14(17(12)21-22)20-16(23)9-15-13(18)6-4-8-19-15/h4,6,8,10-11,14H,3,5,7,9H2,1-2H3,(H,20,23). The normalized spacial score (nSPS) is 17.1. The van der Waals surface area contributed by atoms with Crippen molar-refractivity contribution >= 4 is 5.91 Å². The first-order valence-corrected chi connectivity index (χ1v) is 8.01. The molecular formula is C17H21FN4O. The third-order valence-electron chi connectivity index (χ3n) is 4.14. The molecule has 0 fully saturated rings. The predicted molar refractivity (Wildman–Crippen MR) is 84.3 cm³/mol. The Labute approximate surface area is 134 Å². The fourth-order valence-corrected chi connectivity index (χ4v) is 2.91. The highest BCUT2D eigenvalue weighted by Crippen LogP contribution is 2.29. The van der Waals surface area contributed by atoms with E-state index in [9.17, 15) is 9.18 Å². The van der Waals surface area contributed by atoms with Gasteiger partial charge in [0.2, 0.25) is 5.91 Å². The maximum absolute atomic E-state index is 13.6. The van der Waals surface area contributed by atoms with E-state index in [1.807, 2.05) is 4.68 Å². The minimum Gasteiger partial charge on any atom is -0.347 e. The Morgan fingerprint density at radius 2 is 2.35 bits per heavy atom. The van der Waals surface area contributed by atoms with Gasteiger partial charge in [-0.25, -0.2) is 4.39 Å². The number of carbonyl (C=O) groups excluding carboxylic acids is 1. The topological polar surface area (TPSA) is 59.8 Å². The number of rotatable bonds is 4. The first-order valence-electron chi connectivity index (χ1n) is 8.01. The van der Waals surface area contributed by atoms with Gasteiger partial charge in [0.15, 0.2) is 0 Å². The molecule has 2 aromatic heterocycles. The van der Waals surface area contributed by atoms with E-state index in [0.29, 0.717) is 6.04 Å². The van der Waals surface area contributed by atoms with Crippen LogP contribution in [0.4, 0.5) is 4.39 Å². The molecule has 1 aliphatic carbocycles. The third-order valence-corrected chi connectivity index (χ3v) is 4.14. The second-order valence-corrected chi connectivity index (χ2v) is 6.23. The van der Waals surface area contributed by atoms with Crippen molar-refractivity contribution in [3.63, 3.8) is 0 Å². The molecule has 122 valence electrons. The summed E-state index contributed by atoms with van der Waals surface area (Å²) in [7, 11) is 0. The minimum atomic E-state index is -0.448. The lowest BCUT2D eigenvalue weighted by Gasteiger charge is -2.22. The van der Waals surface area contributed by atoms with Crippen molar-refractivity contribution in [2.75, 3.05) is 0 Å². The van der Waals surface area contributed by atoms with Gasteiger partial charge in [0, 0.05) is 18.4 Å². The molecule has 1 atom stereocenters. The Balaban J connectivity index is 1.72. The van der Waals surface area contributed by atoms with E-state index in [-0.39, 0.29) is 24.1 Å². The van der Waals surface area contributed by atoms with Crippen LogP contribution in [0.2, 0.25) is 0 Å². The molecule has 0 aromatic carbocycles. The van der Waals surface area contributed by atoms with E-state index in [1.54, 1.807) is 0 Å². The molecule has 0 spiro atoms. The number of halogens is 1. The maximum Gasteiger partial charge on any atom is 0.226 e. The van der Waals surface area contributed by atoms with E-state index in [1.165, 1.54) is 23.9 Å². The summed E-state index contributed by atoms with van der Waals surface area (Å²) < 4.78 is 15.5. The lowest BCUT2D eigenvalue weighted by Crippen LogP contribution is -2.32. The maximum atomic E-state index is 13.6. The predicted octanol–water partition coefficient (Wildman–Crippen LogP) is 2.73. The largest absolute Gasteiger partial charge is 0.347 e. The summed E-state index contributed by atoms with van der Waals surface area (Å²) >= 11 is 0. The molecular weight excluding hydrogens is 295 g/mol. The zero-order valence-corrected chi connectivity index (χ0v) is 13.4. The molecule has 23 heavy (non-hydrogen) atoms. The molecule has 0 saturated carbocycles. The molecule has 1 N–H and O–H groups in total. The average Bonchev–Trinajstić information content (AvgIpc) is 2.95. The van der Waals surface area contributed by atoms with Crippen molar-refractivity contribution < 1.29 is 9.18 Å². The molecule has 3 rings (SSSR count). The van der Waals surface area contributed by atoms with Gasteiger partial charge < -0.3 is 5.32 Å². The molecule has 0 radical (unpaired) electrons. The van der Waals surface area contributed by atoms with Crippen LogP contribution < -0.4 is 5.32 Å². The monoisotopic (exact) mass is 316 g/mol. The lowest BCUT2D eigenvalue weighted by molar-refractivity contribution is -0.121. The quantitative estimate of drug-likeness (QED) is 0.943. The molecule has 0 saturated heterocycles. The third kappa shape index (κ3) is 3.41. The number of nitrogens with zero attached hydrogens (tertiary/aromatic N) is 3. The van der Waals surface area contributed by atoms with E-state index >= 15 is 0 Å². The summed E-state index contributed by atoms with van der Waals surface area (Å²) in [4.78, 5) is 16.2. The van der Waals surface area contributed by atoms with Gasteiger partial charge >= 0.3 is 0 Å². The van der Waals surface area contributed by atoms with Crippen molar-refractivity contribution in [2.24, 2.45) is 0 Å². The van der Waals surface area contributed by atoms with Gasteiger partial charge in [-0.05, 0) is 50.8 Å². The minimum absolute atomic E-state index is 0.0522. The van der Waals surface area contributed by atoms with Gasteiger partial charge in [-0.3, -0.25) is 14.5 Å². The van der Waals surface area contributed by atoms with E-state index in [4.69, 9.17) is 0 Å². The summed E-state index contributed by atoms with van der Waals surface area (Å²) in [5.74, 6) is -0.671. The van der Waals surface area contributed by atoms with Gasteiger partial charge in [-0.2, -0.15) is 5.10 Å². The van der Waals surface area contributed by atoms with Crippen molar-refractivity contribution in [1.82, 2.24) is 20.1 Å². The second kappa shape index (κ2) is 6.48. The van der Waals surface area contributed by atoms with Crippen molar-refractivity contribution in [3.8, 4) is 0 Å². The molecule has 1 unspecified atom stereocenters. The summed E-state index contributed by atoms with van der Waals surface area (Å²) in [6, 6.07) is 3.03. The Hall–Kier alpha value is -2.24. The fraction of sp³-hybridized carbons (Fsp3) is 0.471. The summed E-state index contributed by atoms with van der Waals surface area (Å²) in [5, 5.41) is 7.60. The number of nitrogens with one attached hydrogen (secondary N) is 1.